The van der Waals surface area contributed by atoms with Crippen LogP contribution in [0.5, 0.6) is 0 Å². The van der Waals surface area contributed by atoms with E-state index in [0.717, 1.165) is 89.9 Å². The van der Waals surface area contributed by atoms with Gasteiger partial charge in [-0.1, -0.05) is 119 Å². The summed E-state index contributed by atoms with van der Waals surface area (Å²) in [6.07, 6.45) is 43.5. The van der Waals surface area contributed by atoms with Crippen LogP contribution in [0, 0.1) is 0 Å². The van der Waals surface area contributed by atoms with Gasteiger partial charge in [-0.3, -0.25) is 13.8 Å². The van der Waals surface area contributed by atoms with E-state index in [2.05, 4.69) is 86.8 Å². The summed E-state index contributed by atoms with van der Waals surface area (Å²) in [6.45, 7) is 4.60. The first-order valence-corrected chi connectivity index (χ1v) is 19.9. The standard InChI is InChI=1S/C39H68NO7P/c1-3-5-7-9-11-13-15-16-17-18-19-20-21-23-25-27-29-31-34-44-36-38(37-46-48(42,43)45-35-33-40)47-39(41)32-30-28-26-24-22-14-12-10-8-6-4-2/h5,7,10-13,16-17,19-20,23,25,38H,3-4,6,8-9,14-15,18,21-22,24,26-37,40H2,1-2H3,(H,42,43)/b7-5-,12-10-,13-11-,17-16-,20-19-,25-23-. The second-order valence-corrected chi connectivity index (χ2v) is 13.2. The summed E-state index contributed by atoms with van der Waals surface area (Å²) in [5.74, 6) is -0.361. The van der Waals surface area contributed by atoms with Gasteiger partial charge in [-0.2, -0.15) is 0 Å². The SMILES string of the molecule is CC/C=C\C/C=C\C/C=C\C/C=C\C/C=C\CCCCOCC(COP(=O)(O)OCCN)OC(=O)CCCCCCC/C=C\CCCC. The first-order valence-electron chi connectivity index (χ1n) is 18.4. The Labute approximate surface area is 293 Å². The second-order valence-electron chi connectivity index (χ2n) is 11.7. The largest absolute Gasteiger partial charge is 0.472 e. The van der Waals surface area contributed by atoms with E-state index in [9.17, 15) is 14.3 Å². The van der Waals surface area contributed by atoms with Crippen LogP contribution in [0.4, 0.5) is 0 Å². The van der Waals surface area contributed by atoms with E-state index in [1.807, 2.05) is 0 Å². The zero-order chi connectivity index (χ0) is 35.2. The maximum absolute atomic E-state index is 12.5. The predicted octanol–water partition coefficient (Wildman–Crippen LogP) is 10.4. The highest BCUT2D eigenvalue weighted by atomic mass is 31.2. The first-order chi connectivity index (χ1) is 23.4. The van der Waals surface area contributed by atoms with Crippen molar-refractivity contribution in [2.45, 2.75) is 136 Å². The predicted molar refractivity (Wildman–Crippen MR) is 201 cm³/mol. The van der Waals surface area contributed by atoms with Crippen LogP contribution in [0.25, 0.3) is 0 Å². The minimum Gasteiger partial charge on any atom is -0.457 e. The Morgan fingerprint density at radius 2 is 1.17 bits per heavy atom. The molecule has 0 radical (unpaired) electrons. The number of ether oxygens (including phenoxy) is 2. The van der Waals surface area contributed by atoms with Gasteiger partial charge >= 0.3 is 13.8 Å². The molecular weight excluding hydrogens is 625 g/mol. The Kier molecular flexibility index (Phi) is 34.7. The number of carbonyl (C=O) groups excluding carboxylic acids is 1. The van der Waals surface area contributed by atoms with E-state index in [4.69, 9.17) is 24.3 Å². The summed E-state index contributed by atoms with van der Waals surface area (Å²) in [6, 6.07) is 0. The number of hydrogen-bond acceptors (Lipinski definition) is 7. The molecule has 0 amide bonds. The molecule has 0 rings (SSSR count). The highest BCUT2D eigenvalue weighted by Gasteiger charge is 2.25. The van der Waals surface area contributed by atoms with Crippen molar-refractivity contribution < 1.29 is 32.8 Å². The molecular formula is C39H68NO7P. The maximum atomic E-state index is 12.5. The lowest BCUT2D eigenvalue weighted by atomic mass is 10.1. The lowest BCUT2D eigenvalue weighted by Crippen LogP contribution is -2.28. The van der Waals surface area contributed by atoms with Gasteiger partial charge < -0.3 is 20.1 Å². The topological polar surface area (TPSA) is 117 Å². The summed E-state index contributed by atoms with van der Waals surface area (Å²) in [5.41, 5.74) is 5.34. The highest BCUT2D eigenvalue weighted by Crippen LogP contribution is 2.43. The normalized spacial score (nSPS) is 14.5. The zero-order valence-corrected chi connectivity index (χ0v) is 31.1. The molecule has 48 heavy (non-hydrogen) atoms. The Morgan fingerprint density at radius 1 is 0.646 bits per heavy atom. The number of nitrogens with two attached hydrogens (primary N) is 1. The minimum absolute atomic E-state index is 0.0794. The Hall–Kier alpha value is -2.06. The maximum Gasteiger partial charge on any atom is 0.472 e. The van der Waals surface area contributed by atoms with Gasteiger partial charge in [0.05, 0.1) is 19.8 Å². The fourth-order valence-electron chi connectivity index (χ4n) is 4.41. The summed E-state index contributed by atoms with van der Waals surface area (Å²) in [4.78, 5) is 22.3. The number of esters is 1. The Bertz CT molecular complexity index is 958. The number of unbranched alkanes of at least 4 members (excludes halogenated alkanes) is 9. The molecule has 0 saturated carbocycles. The summed E-state index contributed by atoms with van der Waals surface area (Å²) in [5, 5.41) is 0. The van der Waals surface area contributed by atoms with Gasteiger partial charge in [0.2, 0.25) is 0 Å². The number of phosphoric ester groups is 1. The molecule has 0 aliphatic carbocycles. The van der Waals surface area contributed by atoms with Crippen molar-refractivity contribution in [2.75, 3.05) is 33.0 Å². The van der Waals surface area contributed by atoms with Gasteiger partial charge in [-0.15, -0.1) is 0 Å². The molecule has 9 heteroatoms. The number of carbonyl (C=O) groups is 1. The van der Waals surface area contributed by atoms with Gasteiger partial charge in [0, 0.05) is 19.6 Å². The quantitative estimate of drug-likeness (QED) is 0.0296. The molecule has 0 aromatic rings. The van der Waals surface area contributed by atoms with Crippen LogP contribution < -0.4 is 5.73 Å². The van der Waals surface area contributed by atoms with Crippen molar-refractivity contribution >= 4 is 13.8 Å². The van der Waals surface area contributed by atoms with Crippen molar-refractivity contribution in [3.63, 3.8) is 0 Å². The Balaban J connectivity index is 4.21. The van der Waals surface area contributed by atoms with Crippen LogP contribution in [-0.4, -0.2) is 49.9 Å². The molecule has 0 aliphatic heterocycles. The van der Waals surface area contributed by atoms with Crippen LogP contribution in [0.15, 0.2) is 72.9 Å². The van der Waals surface area contributed by atoms with Crippen LogP contribution >= 0.6 is 7.82 Å². The van der Waals surface area contributed by atoms with Gasteiger partial charge in [0.1, 0.15) is 6.10 Å². The number of hydrogen-bond donors (Lipinski definition) is 2. The van der Waals surface area contributed by atoms with E-state index in [0.29, 0.717) is 13.0 Å². The molecule has 0 spiro atoms. The lowest BCUT2D eigenvalue weighted by molar-refractivity contribution is -0.154. The summed E-state index contributed by atoms with van der Waals surface area (Å²) >= 11 is 0. The molecule has 0 fully saturated rings. The third kappa shape index (κ3) is 35.3. The Morgan fingerprint density at radius 3 is 1.77 bits per heavy atom. The molecule has 0 aromatic carbocycles. The third-order valence-corrected chi connectivity index (χ3v) is 8.09. The van der Waals surface area contributed by atoms with Crippen molar-refractivity contribution in [3.05, 3.63) is 72.9 Å². The number of rotatable bonds is 34. The van der Waals surface area contributed by atoms with E-state index < -0.39 is 13.9 Å². The van der Waals surface area contributed by atoms with E-state index in [1.165, 1.54) is 19.3 Å². The minimum atomic E-state index is -4.29. The van der Waals surface area contributed by atoms with Crippen molar-refractivity contribution in [1.82, 2.24) is 0 Å². The number of allylic oxidation sites excluding steroid dienone is 12. The van der Waals surface area contributed by atoms with Gasteiger partial charge in [-0.25, -0.2) is 4.57 Å². The van der Waals surface area contributed by atoms with Gasteiger partial charge in [0.15, 0.2) is 0 Å². The van der Waals surface area contributed by atoms with E-state index in [1.54, 1.807) is 0 Å². The molecule has 8 nitrogen and oxygen atoms in total. The average molecular weight is 694 g/mol. The average Bonchev–Trinajstić information content (AvgIpc) is 3.07. The lowest BCUT2D eigenvalue weighted by Gasteiger charge is -2.20. The molecule has 0 heterocycles. The third-order valence-electron chi connectivity index (χ3n) is 7.11. The number of phosphoric acid groups is 1. The second kappa shape index (κ2) is 36.2. The molecule has 2 atom stereocenters. The molecule has 0 saturated heterocycles. The first kappa shape index (κ1) is 45.9. The fourth-order valence-corrected chi connectivity index (χ4v) is 5.18. The van der Waals surface area contributed by atoms with Crippen molar-refractivity contribution in [3.8, 4) is 0 Å². The van der Waals surface area contributed by atoms with Crippen LogP contribution in [0.2, 0.25) is 0 Å². The molecule has 0 bridgehead atoms. The summed E-state index contributed by atoms with van der Waals surface area (Å²) < 4.78 is 33.2. The molecule has 2 unspecified atom stereocenters. The van der Waals surface area contributed by atoms with Gasteiger partial charge in [-0.05, 0) is 77.0 Å². The highest BCUT2D eigenvalue weighted by molar-refractivity contribution is 7.47. The van der Waals surface area contributed by atoms with E-state index >= 15 is 0 Å². The monoisotopic (exact) mass is 693 g/mol. The van der Waals surface area contributed by atoms with Crippen LogP contribution in [-0.2, 0) is 27.9 Å². The fraction of sp³-hybridized carbons (Fsp3) is 0.667. The molecule has 276 valence electrons. The van der Waals surface area contributed by atoms with Crippen LogP contribution in [0.3, 0.4) is 0 Å². The van der Waals surface area contributed by atoms with Crippen molar-refractivity contribution in [1.29, 1.82) is 0 Å². The molecule has 0 aliphatic rings. The summed E-state index contributed by atoms with van der Waals surface area (Å²) in [7, 11) is -4.29. The molecule has 0 aromatic heterocycles. The molecule has 3 N–H and O–H groups in total. The van der Waals surface area contributed by atoms with E-state index in [-0.39, 0.29) is 32.3 Å². The zero-order valence-electron chi connectivity index (χ0n) is 30.2. The van der Waals surface area contributed by atoms with Crippen LogP contribution in [0.1, 0.15) is 129 Å². The smallest absolute Gasteiger partial charge is 0.457 e. The van der Waals surface area contributed by atoms with Gasteiger partial charge in [0.25, 0.3) is 0 Å². The van der Waals surface area contributed by atoms with Crippen molar-refractivity contribution in [2.24, 2.45) is 5.73 Å².